The second-order valence-corrected chi connectivity index (χ2v) is 8.56. The first kappa shape index (κ1) is 21.9. The van der Waals surface area contributed by atoms with Gasteiger partial charge in [0.25, 0.3) is 15.9 Å². The fourth-order valence-corrected chi connectivity index (χ4v) is 3.72. The third-order valence-corrected chi connectivity index (χ3v) is 5.80. The Balaban J connectivity index is 1.59. The molecule has 3 rings (SSSR count). The molecule has 0 heterocycles. The molecule has 31 heavy (non-hydrogen) atoms. The Labute approximate surface area is 181 Å². The van der Waals surface area contributed by atoms with Gasteiger partial charge in [0.15, 0.2) is 6.10 Å². The SMILES string of the molecule is Cc1ccc(S(=O)(=O)Nc2ccc(NC(=O)[C@H](C)Oc3ccc(C#N)cc3)cc2)cc1. The Bertz CT molecular complexity index is 1200. The average Bonchev–Trinajstić information content (AvgIpc) is 2.75. The fourth-order valence-electron chi connectivity index (χ4n) is 2.66. The van der Waals surface area contributed by atoms with Crippen LogP contribution in [0.4, 0.5) is 11.4 Å². The summed E-state index contributed by atoms with van der Waals surface area (Å²) in [7, 11) is -3.70. The molecule has 0 unspecified atom stereocenters. The highest BCUT2D eigenvalue weighted by atomic mass is 32.2. The number of nitrogens with zero attached hydrogens (tertiary/aromatic N) is 1. The first-order chi connectivity index (χ1) is 14.8. The van der Waals surface area contributed by atoms with Crippen LogP contribution in [-0.4, -0.2) is 20.4 Å². The van der Waals surface area contributed by atoms with Crippen molar-refractivity contribution in [2.24, 2.45) is 0 Å². The molecule has 3 aromatic carbocycles. The Morgan fingerprint density at radius 3 is 2.10 bits per heavy atom. The molecule has 0 spiro atoms. The van der Waals surface area contributed by atoms with Crippen LogP contribution in [0.2, 0.25) is 0 Å². The van der Waals surface area contributed by atoms with Crippen molar-refractivity contribution in [2.45, 2.75) is 24.8 Å². The smallest absolute Gasteiger partial charge is 0.265 e. The van der Waals surface area contributed by atoms with E-state index in [1.807, 2.05) is 13.0 Å². The molecule has 1 atom stereocenters. The number of hydrogen-bond donors (Lipinski definition) is 2. The van der Waals surface area contributed by atoms with Crippen LogP contribution in [0.15, 0.2) is 77.7 Å². The Morgan fingerprint density at radius 2 is 1.52 bits per heavy atom. The van der Waals surface area contributed by atoms with Gasteiger partial charge in [0.05, 0.1) is 16.5 Å². The third kappa shape index (κ3) is 5.84. The van der Waals surface area contributed by atoms with E-state index in [0.717, 1.165) is 5.56 Å². The van der Waals surface area contributed by atoms with Gasteiger partial charge < -0.3 is 10.1 Å². The highest BCUT2D eigenvalue weighted by molar-refractivity contribution is 7.92. The van der Waals surface area contributed by atoms with Crippen molar-refractivity contribution in [3.8, 4) is 11.8 Å². The van der Waals surface area contributed by atoms with Crippen LogP contribution in [0.3, 0.4) is 0 Å². The van der Waals surface area contributed by atoms with Crippen LogP contribution in [0.5, 0.6) is 5.75 Å². The lowest BCUT2D eigenvalue weighted by Crippen LogP contribution is -2.30. The second-order valence-electron chi connectivity index (χ2n) is 6.88. The molecule has 0 fully saturated rings. The van der Waals surface area contributed by atoms with Crippen LogP contribution in [0, 0.1) is 18.3 Å². The number of amides is 1. The minimum Gasteiger partial charge on any atom is -0.481 e. The van der Waals surface area contributed by atoms with E-state index in [2.05, 4.69) is 10.0 Å². The van der Waals surface area contributed by atoms with Gasteiger partial charge >= 0.3 is 0 Å². The zero-order chi connectivity index (χ0) is 22.4. The van der Waals surface area contributed by atoms with Crippen LogP contribution >= 0.6 is 0 Å². The largest absolute Gasteiger partial charge is 0.481 e. The summed E-state index contributed by atoms with van der Waals surface area (Å²) in [5, 5.41) is 11.5. The third-order valence-electron chi connectivity index (χ3n) is 4.40. The van der Waals surface area contributed by atoms with E-state index in [1.165, 1.54) is 0 Å². The number of nitriles is 1. The average molecular weight is 436 g/mol. The highest BCUT2D eigenvalue weighted by Crippen LogP contribution is 2.19. The molecular formula is C23H21N3O4S. The first-order valence-corrected chi connectivity index (χ1v) is 10.9. The van der Waals surface area contributed by atoms with Gasteiger partial charge in [0, 0.05) is 11.4 Å². The van der Waals surface area contributed by atoms with E-state index < -0.39 is 16.1 Å². The summed E-state index contributed by atoms with van der Waals surface area (Å²) in [6, 6.07) is 21.3. The maximum atomic E-state index is 12.5. The molecule has 0 bridgehead atoms. The molecule has 0 saturated heterocycles. The normalized spacial score (nSPS) is 11.8. The zero-order valence-corrected chi connectivity index (χ0v) is 17.8. The second kappa shape index (κ2) is 9.32. The van der Waals surface area contributed by atoms with Crippen LogP contribution in [0.25, 0.3) is 0 Å². The monoisotopic (exact) mass is 435 g/mol. The molecule has 0 aliphatic heterocycles. The van der Waals surface area contributed by atoms with Crippen LogP contribution < -0.4 is 14.8 Å². The zero-order valence-electron chi connectivity index (χ0n) is 17.0. The summed E-state index contributed by atoms with van der Waals surface area (Å²) in [5.74, 6) is 0.111. The van der Waals surface area contributed by atoms with Crippen molar-refractivity contribution < 1.29 is 17.9 Å². The van der Waals surface area contributed by atoms with Crippen molar-refractivity contribution in [3.63, 3.8) is 0 Å². The maximum Gasteiger partial charge on any atom is 0.265 e. The number of rotatable bonds is 7. The van der Waals surface area contributed by atoms with Gasteiger partial charge in [-0.1, -0.05) is 17.7 Å². The van der Waals surface area contributed by atoms with E-state index in [1.54, 1.807) is 79.7 Å². The van der Waals surface area contributed by atoms with Gasteiger partial charge in [-0.3, -0.25) is 9.52 Å². The van der Waals surface area contributed by atoms with Gasteiger partial charge in [-0.2, -0.15) is 5.26 Å². The number of carbonyl (C=O) groups is 1. The summed E-state index contributed by atoms with van der Waals surface area (Å²) >= 11 is 0. The summed E-state index contributed by atoms with van der Waals surface area (Å²) in [6.07, 6.45) is -0.771. The predicted octanol–water partition coefficient (Wildman–Crippen LogP) is 4.07. The summed E-state index contributed by atoms with van der Waals surface area (Å²) in [6.45, 7) is 3.49. The van der Waals surface area contributed by atoms with E-state index in [0.29, 0.717) is 22.7 Å². The van der Waals surface area contributed by atoms with Gasteiger partial charge in [-0.25, -0.2) is 8.42 Å². The minimum absolute atomic E-state index is 0.171. The Morgan fingerprint density at radius 1 is 0.935 bits per heavy atom. The summed E-state index contributed by atoms with van der Waals surface area (Å²) in [4.78, 5) is 12.5. The quantitative estimate of drug-likeness (QED) is 0.581. The molecule has 158 valence electrons. The van der Waals surface area contributed by atoms with E-state index in [9.17, 15) is 13.2 Å². The molecule has 8 heteroatoms. The predicted molar refractivity (Wildman–Crippen MR) is 118 cm³/mol. The van der Waals surface area contributed by atoms with Gasteiger partial charge in [0.1, 0.15) is 5.75 Å². The van der Waals surface area contributed by atoms with Crippen LogP contribution in [-0.2, 0) is 14.8 Å². The Kier molecular flexibility index (Phi) is 6.58. The number of hydrogen-bond acceptors (Lipinski definition) is 5. The van der Waals surface area contributed by atoms with Gasteiger partial charge in [-0.05, 0) is 74.5 Å². The molecule has 0 saturated carbocycles. The molecule has 0 aliphatic rings. The number of aryl methyl sites for hydroxylation is 1. The van der Waals surface area contributed by atoms with Crippen molar-refractivity contribution in [1.29, 1.82) is 5.26 Å². The molecule has 1 amide bonds. The van der Waals surface area contributed by atoms with Crippen molar-refractivity contribution in [2.75, 3.05) is 10.0 Å². The topological polar surface area (TPSA) is 108 Å². The van der Waals surface area contributed by atoms with Crippen molar-refractivity contribution in [3.05, 3.63) is 83.9 Å². The molecule has 3 aromatic rings. The van der Waals surface area contributed by atoms with Gasteiger partial charge in [0.2, 0.25) is 0 Å². The lowest BCUT2D eigenvalue weighted by atomic mass is 10.2. The van der Waals surface area contributed by atoms with Crippen LogP contribution in [0.1, 0.15) is 18.1 Å². The van der Waals surface area contributed by atoms with E-state index in [4.69, 9.17) is 10.00 Å². The molecule has 0 aromatic heterocycles. The van der Waals surface area contributed by atoms with Gasteiger partial charge in [-0.15, -0.1) is 0 Å². The number of sulfonamides is 1. The maximum absolute atomic E-state index is 12.5. The number of carbonyl (C=O) groups excluding carboxylic acids is 1. The van der Waals surface area contributed by atoms with Crippen molar-refractivity contribution in [1.82, 2.24) is 0 Å². The highest BCUT2D eigenvalue weighted by Gasteiger charge is 2.16. The Hall–Kier alpha value is -3.83. The molecule has 2 N–H and O–H groups in total. The standard InChI is InChI=1S/C23H21N3O4S/c1-16-3-13-22(14-4-16)31(28,29)26-20-9-7-19(8-10-20)25-23(27)17(2)30-21-11-5-18(15-24)6-12-21/h3-14,17,26H,1-2H3,(H,25,27)/t17-/m0/s1. The lowest BCUT2D eigenvalue weighted by molar-refractivity contribution is -0.122. The summed E-state index contributed by atoms with van der Waals surface area (Å²) in [5.41, 5.74) is 2.35. The number of ether oxygens (including phenoxy) is 1. The van der Waals surface area contributed by atoms with E-state index >= 15 is 0 Å². The lowest BCUT2D eigenvalue weighted by Gasteiger charge is -2.15. The number of nitrogens with one attached hydrogen (secondary N) is 2. The van der Waals surface area contributed by atoms with E-state index in [-0.39, 0.29) is 10.8 Å². The minimum atomic E-state index is -3.70. The molecule has 0 aliphatic carbocycles. The fraction of sp³-hybridized carbons (Fsp3) is 0.130. The number of benzene rings is 3. The summed E-state index contributed by atoms with van der Waals surface area (Å²) < 4.78 is 33.0. The van der Waals surface area contributed by atoms with Crippen molar-refractivity contribution >= 4 is 27.3 Å². The first-order valence-electron chi connectivity index (χ1n) is 9.44. The number of anilines is 2. The molecule has 0 radical (unpaired) electrons. The molecular weight excluding hydrogens is 414 g/mol. The molecule has 7 nitrogen and oxygen atoms in total.